The number of nitrogens with zero attached hydrogens (tertiary/aromatic N) is 2. The molecule has 0 aromatic rings. The second-order valence-electron chi connectivity index (χ2n) is 6.02. The zero-order valence-electron chi connectivity index (χ0n) is 13.7. The summed E-state index contributed by atoms with van der Waals surface area (Å²) in [6.07, 6.45) is 2.14. The zero-order valence-corrected chi connectivity index (χ0v) is 13.7. The fourth-order valence-corrected chi connectivity index (χ4v) is 2.64. The average Bonchev–Trinajstić information content (AvgIpc) is 2.72. The van der Waals surface area contributed by atoms with Crippen LogP contribution in [0.2, 0.25) is 0 Å². The van der Waals surface area contributed by atoms with E-state index >= 15 is 0 Å². The summed E-state index contributed by atoms with van der Waals surface area (Å²) in [5.41, 5.74) is 0. The Kier molecular flexibility index (Phi) is 7.48. The maximum absolute atomic E-state index is 12.5. The minimum atomic E-state index is 0.0108. The van der Waals surface area contributed by atoms with E-state index in [4.69, 9.17) is 4.74 Å². The van der Waals surface area contributed by atoms with E-state index in [-0.39, 0.29) is 18.1 Å². The number of methoxy groups -OCH3 is 1. The predicted octanol–water partition coefficient (Wildman–Crippen LogP) is 1.15. The molecule has 1 saturated heterocycles. The van der Waals surface area contributed by atoms with Crippen molar-refractivity contribution in [1.82, 2.24) is 15.1 Å². The van der Waals surface area contributed by atoms with Crippen LogP contribution in [0.4, 0.5) is 0 Å². The third kappa shape index (κ3) is 4.72. The number of amides is 1. The first-order valence-electron chi connectivity index (χ1n) is 7.75. The van der Waals surface area contributed by atoms with E-state index in [1.54, 1.807) is 7.11 Å². The van der Waals surface area contributed by atoms with Crippen molar-refractivity contribution in [3.63, 3.8) is 0 Å². The number of carbonyl (C=O) groups excluding carboxylic acids is 1. The van der Waals surface area contributed by atoms with Crippen LogP contribution in [0.15, 0.2) is 0 Å². The van der Waals surface area contributed by atoms with Crippen molar-refractivity contribution in [2.45, 2.75) is 45.8 Å². The number of ether oxygens (including phenoxy) is 1. The second kappa shape index (κ2) is 8.60. The Bertz CT molecular complexity index is 297. The number of nitrogens with one attached hydrogen (secondary N) is 1. The molecular formula is C15H31N3O2. The van der Waals surface area contributed by atoms with Crippen LogP contribution in [-0.4, -0.2) is 68.3 Å². The van der Waals surface area contributed by atoms with Crippen LogP contribution in [-0.2, 0) is 9.53 Å². The van der Waals surface area contributed by atoms with Crippen LogP contribution in [0.5, 0.6) is 0 Å². The lowest BCUT2D eigenvalue weighted by atomic mass is 10.1. The van der Waals surface area contributed by atoms with Gasteiger partial charge in [0.2, 0.25) is 5.91 Å². The number of likely N-dealkylation sites (N-methyl/N-ethyl adjacent to an activating group) is 1. The number of hydrogen-bond acceptors (Lipinski definition) is 4. The summed E-state index contributed by atoms with van der Waals surface area (Å²) in [6, 6.07) is 0.0108. The molecule has 0 aromatic heterocycles. The Morgan fingerprint density at radius 1 is 1.40 bits per heavy atom. The van der Waals surface area contributed by atoms with E-state index in [9.17, 15) is 4.79 Å². The molecule has 0 aromatic carbocycles. The molecular weight excluding hydrogens is 254 g/mol. The molecule has 0 radical (unpaired) electrons. The summed E-state index contributed by atoms with van der Waals surface area (Å²) < 4.78 is 5.08. The summed E-state index contributed by atoms with van der Waals surface area (Å²) in [4.78, 5) is 16.7. The van der Waals surface area contributed by atoms with Gasteiger partial charge in [0.25, 0.3) is 0 Å². The van der Waals surface area contributed by atoms with Crippen molar-refractivity contribution in [2.24, 2.45) is 5.92 Å². The third-order valence-corrected chi connectivity index (χ3v) is 3.90. The SMILES string of the molecule is CCCC1NC(C(C)C)N(CCN(C)CCOC)C1=O. The van der Waals surface area contributed by atoms with E-state index in [0.717, 1.165) is 39.1 Å². The van der Waals surface area contributed by atoms with Crippen LogP contribution in [0.1, 0.15) is 33.6 Å². The number of carbonyl (C=O) groups is 1. The van der Waals surface area contributed by atoms with Gasteiger partial charge in [-0.25, -0.2) is 0 Å². The lowest BCUT2D eigenvalue weighted by molar-refractivity contribution is -0.130. The first-order chi connectivity index (χ1) is 9.51. The topological polar surface area (TPSA) is 44.8 Å². The van der Waals surface area contributed by atoms with Gasteiger partial charge >= 0.3 is 0 Å². The van der Waals surface area contributed by atoms with Crippen molar-refractivity contribution in [3.05, 3.63) is 0 Å². The lowest BCUT2D eigenvalue weighted by Gasteiger charge is -2.29. The van der Waals surface area contributed by atoms with Crippen molar-refractivity contribution in [1.29, 1.82) is 0 Å². The average molecular weight is 285 g/mol. The first kappa shape index (κ1) is 17.4. The molecule has 0 spiro atoms. The van der Waals surface area contributed by atoms with Crippen molar-refractivity contribution >= 4 is 5.91 Å². The lowest BCUT2D eigenvalue weighted by Crippen LogP contribution is -2.44. The quantitative estimate of drug-likeness (QED) is 0.690. The van der Waals surface area contributed by atoms with Gasteiger partial charge in [-0.05, 0) is 19.4 Å². The maximum Gasteiger partial charge on any atom is 0.241 e. The molecule has 1 N–H and O–H groups in total. The Balaban J connectivity index is 2.53. The van der Waals surface area contributed by atoms with Gasteiger partial charge in [0.15, 0.2) is 0 Å². The Hall–Kier alpha value is -0.650. The fraction of sp³-hybridized carbons (Fsp3) is 0.933. The molecule has 5 nitrogen and oxygen atoms in total. The standard InChI is InChI=1S/C15H31N3O2/c1-6-7-13-15(19)18(14(16-13)12(2)3)9-8-17(4)10-11-20-5/h12-14,16H,6-11H2,1-5H3. The Morgan fingerprint density at radius 3 is 2.65 bits per heavy atom. The summed E-state index contributed by atoms with van der Waals surface area (Å²) >= 11 is 0. The highest BCUT2D eigenvalue weighted by Crippen LogP contribution is 2.19. The number of hydrogen-bond donors (Lipinski definition) is 1. The van der Waals surface area contributed by atoms with Gasteiger partial charge in [-0.3, -0.25) is 10.1 Å². The predicted molar refractivity (Wildman–Crippen MR) is 81.5 cm³/mol. The van der Waals surface area contributed by atoms with Crippen LogP contribution < -0.4 is 5.32 Å². The van der Waals surface area contributed by atoms with Crippen molar-refractivity contribution < 1.29 is 9.53 Å². The monoisotopic (exact) mass is 285 g/mol. The highest BCUT2D eigenvalue weighted by molar-refractivity contribution is 5.84. The van der Waals surface area contributed by atoms with Crippen LogP contribution >= 0.6 is 0 Å². The highest BCUT2D eigenvalue weighted by atomic mass is 16.5. The molecule has 5 heteroatoms. The van der Waals surface area contributed by atoms with Gasteiger partial charge in [-0.2, -0.15) is 0 Å². The number of rotatable bonds is 9. The zero-order chi connectivity index (χ0) is 15.1. The molecule has 1 amide bonds. The van der Waals surface area contributed by atoms with Gasteiger partial charge < -0.3 is 14.5 Å². The third-order valence-electron chi connectivity index (χ3n) is 3.90. The van der Waals surface area contributed by atoms with Gasteiger partial charge in [-0.15, -0.1) is 0 Å². The molecule has 2 unspecified atom stereocenters. The van der Waals surface area contributed by atoms with E-state index < -0.39 is 0 Å². The molecule has 1 aliphatic heterocycles. The second-order valence-corrected chi connectivity index (χ2v) is 6.02. The Morgan fingerprint density at radius 2 is 2.10 bits per heavy atom. The van der Waals surface area contributed by atoms with Gasteiger partial charge in [0.1, 0.15) is 0 Å². The molecule has 0 saturated carbocycles. The molecule has 0 aliphatic carbocycles. The van der Waals surface area contributed by atoms with E-state index in [1.165, 1.54) is 0 Å². The minimum absolute atomic E-state index is 0.0108. The first-order valence-corrected chi connectivity index (χ1v) is 7.75. The summed E-state index contributed by atoms with van der Waals surface area (Å²) in [5.74, 6) is 0.704. The van der Waals surface area contributed by atoms with Gasteiger partial charge in [-0.1, -0.05) is 27.2 Å². The van der Waals surface area contributed by atoms with E-state index in [1.807, 2.05) is 4.90 Å². The summed E-state index contributed by atoms with van der Waals surface area (Å²) in [7, 11) is 3.78. The van der Waals surface area contributed by atoms with Gasteiger partial charge in [0, 0.05) is 26.7 Å². The van der Waals surface area contributed by atoms with Crippen LogP contribution in [0, 0.1) is 5.92 Å². The largest absolute Gasteiger partial charge is 0.383 e. The molecule has 1 fully saturated rings. The smallest absolute Gasteiger partial charge is 0.241 e. The minimum Gasteiger partial charge on any atom is -0.383 e. The highest BCUT2D eigenvalue weighted by Gasteiger charge is 2.39. The molecule has 20 heavy (non-hydrogen) atoms. The Labute approximate surface area is 123 Å². The molecule has 0 bridgehead atoms. The fourth-order valence-electron chi connectivity index (χ4n) is 2.64. The summed E-state index contributed by atoms with van der Waals surface area (Å²) in [5, 5.41) is 3.49. The van der Waals surface area contributed by atoms with Crippen molar-refractivity contribution in [2.75, 3.05) is 40.4 Å². The van der Waals surface area contributed by atoms with Crippen LogP contribution in [0.3, 0.4) is 0 Å². The molecule has 1 rings (SSSR count). The van der Waals surface area contributed by atoms with E-state index in [0.29, 0.717) is 5.92 Å². The van der Waals surface area contributed by atoms with Crippen LogP contribution in [0.25, 0.3) is 0 Å². The summed E-state index contributed by atoms with van der Waals surface area (Å²) in [6.45, 7) is 9.77. The molecule has 1 aliphatic rings. The van der Waals surface area contributed by atoms with E-state index in [2.05, 4.69) is 38.0 Å². The normalized spacial score (nSPS) is 23.4. The maximum atomic E-state index is 12.5. The molecule has 1 heterocycles. The van der Waals surface area contributed by atoms with Gasteiger partial charge in [0.05, 0.1) is 18.8 Å². The van der Waals surface area contributed by atoms with Crippen molar-refractivity contribution in [3.8, 4) is 0 Å². The molecule has 118 valence electrons. The molecule has 2 atom stereocenters.